The van der Waals surface area contributed by atoms with Crippen molar-refractivity contribution in [2.24, 2.45) is 0 Å². The lowest BCUT2D eigenvalue weighted by atomic mass is 10.1. The van der Waals surface area contributed by atoms with Gasteiger partial charge in [0.2, 0.25) is 0 Å². The summed E-state index contributed by atoms with van der Waals surface area (Å²) in [4.78, 5) is 4.37. The molecule has 0 radical (unpaired) electrons. The van der Waals surface area contributed by atoms with Crippen molar-refractivity contribution in [1.29, 1.82) is 0 Å². The zero-order valence-electron chi connectivity index (χ0n) is 11.3. The van der Waals surface area contributed by atoms with E-state index < -0.39 is 6.10 Å². The van der Waals surface area contributed by atoms with Crippen LogP contribution in [-0.4, -0.2) is 16.6 Å². The molecule has 0 fully saturated rings. The lowest BCUT2D eigenvalue weighted by Crippen LogP contribution is -2.13. The predicted octanol–water partition coefficient (Wildman–Crippen LogP) is 4.14. The number of rotatable bonds is 4. The van der Waals surface area contributed by atoms with E-state index >= 15 is 0 Å². The second-order valence-electron chi connectivity index (χ2n) is 4.80. The molecular weight excluding hydrogens is 328 g/mol. The summed E-state index contributed by atoms with van der Waals surface area (Å²) in [5.74, 6) is 0.781. The molecule has 2 N–H and O–H groups in total. The summed E-state index contributed by atoms with van der Waals surface area (Å²) in [5, 5.41) is 15.6. The van der Waals surface area contributed by atoms with Crippen molar-refractivity contribution in [3.05, 3.63) is 70.8 Å². The van der Waals surface area contributed by atoms with E-state index in [2.05, 4.69) is 26.2 Å². The van der Waals surface area contributed by atoms with Gasteiger partial charge in [-0.3, -0.25) is 0 Å². The fourth-order valence-electron chi connectivity index (χ4n) is 2.30. The van der Waals surface area contributed by atoms with Gasteiger partial charge in [-0.1, -0.05) is 58.4 Å². The average Bonchev–Trinajstić information content (AvgIpc) is 2.54. The van der Waals surface area contributed by atoms with Gasteiger partial charge in [0, 0.05) is 28.0 Å². The molecule has 0 saturated heterocycles. The maximum absolute atomic E-state index is 10.2. The third-order valence-corrected chi connectivity index (χ3v) is 4.09. The average molecular weight is 343 g/mol. The van der Waals surface area contributed by atoms with E-state index in [1.165, 1.54) is 0 Å². The van der Waals surface area contributed by atoms with E-state index in [4.69, 9.17) is 0 Å². The molecule has 0 aliphatic carbocycles. The van der Waals surface area contributed by atoms with Gasteiger partial charge in [0.05, 0.1) is 6.10 Å². The number of fused-ring (bicyclic) bond motifs is 1. The minimum Gasteiger partial charge on any atom is -0.387 e. The lowest BCUT2D eigenvalue weighted by Gasteiger charge is -2.14. The molecule has 3 nitrogen and oxygen atoms in total. The van der Waals surface area contributed by atoms with Gasteiger partial charge in [0.25, 0.3) is 0 Å². The van der Waals surface area contributed by atoms with Crippen molar-refractivity contribution in [1.82, 2.24) is 4.98 Å². The van der Waals surface area contributed by atoms with Crippen LogP contribution in [0.5, 0.6) is 0 Å². The largest absolute Gasteiger partial charge is 0.387 e. The molecule has 0 aliphatic heterocycles. The quantitative estimate of drug-likeness (QED) is 0.748. The highest BCUT2D eigenvalue weighted by atomic mass is 79.9. The Labute approximate surface area is 131 Å². The molecule has 106 valence electrons. The molecule has 0 amide bonds. The number of benzene rings is 2. The Morgan fingerprint density at radius 3 is 2.62 bits per heavy atom. The number of nitrogens with zero attached hydrogens (tertiary/aromatic N) is 1. The Bertz CT molecular complexity index is 746. The molecule has 1 heterocycles. The van der Waals surface area contributed by atoms with E-state index in [-0.39, 0.29) is 0 Å². The third-order valence-electron chi connectivity index (χ3n) is 3.40. The molecular formula is C17H15BrN2O. The van der Waals surface area contributed by atoms with Crippen LogP contribution in [0.4, 0.5) is 5.82 Å². The van der Waals surface area contributed by atoms with Crippen molar-refractivity contribution in [2.45, 2.75) is 6.10 Å². The minimum absolute atomic E-state index is 0.419. The molecule has 3 rings (SSSR count). The molecule has 0 spiro atoms. The van der Waals surface area contributed by atoms with Crippen LogP contribution >= 0.6 is 15.9 Å². The summed E-state index contributed by atoms with van der Waals surface area (Å²) < 4.78 is 1.04. The van der Waals surface area contributed by atoms with Crippen molar-refractivity contribution in [3.8, 4) is 0 Å². The van der Waals surface area contributed by atoms with Gasteiger partial charge in [-0.25, -0.2) is 4.98 Å². The van der Waals surface area contributed by atoms with Crippen LogP contribution in [-0.2, 0) is 0 Å². The first-order valence-corrected chi connectivity index (χ1v) is 7.55. The van der Waals surface area contributed by atoms with Crippen molar-refractivity contribution in [3.63, 3.8) is 0 Å². The smallest absolute Gasteiger partial charge is 0.133 e. The van der Waals surface area contributed by atoms with Gasteiger partial charge in [-0.15, -0.1) is 0 Å². The Morgan fingerprint density at radius 1 is 1.00 bits per heavy atom. The molecule has 1 unspecified atom stereocenters. The van der Waals surface area contributed by atoms with Gasteiger partial charge >= 0.3 is 0 Å². The SMILES string of the molecule is OC(CNc1nccc2c(Br)cccc12)c1ccccc1. The topological polar surface area (TPSA) is 45.1 Å². The second kappa shape index (κ2) is 6.24. The van der Waals surface area contributed by atoms with Crippen molar-refractivity contribution >= 4 is 32.5 Å². The molecule has 21 heavy (non-hydrogen) atoms. The van der Waals surface area contributed by atoms with Gasteiger partial charge < -0.3 is 10.4 Å². The molecule has 0 saturated carbocycles. The summed E-state index contributed by atoms with van der Waals surface area (Å²) in [7, 11) is 0. The van der Waals surface area contributed by atoms with Crippen LogP contribution < -0.4 is 5.32 Å². The summed E-state index contributed by atoms with van der Waals surface area (Å²) in [6, 6.07) is 17.6. The van der Waals surface area contributed by atoms with Gasteiger partial charge in [0.15, 0.2) is 0 Å². The number of nitrogens with one attached hydrogen (secondary N) is 1. The molecule has 4 heteroatoms. The molecule has 0 aliphatic rings. The molecule has 1 atom stereocenters. The Kier molecular flexibility index (Phi) is 4.18. The third kappa shape index (κ3) is 3.06. The van der Waals surface area contributed by atoms with Crippen LogP contribution in [0.3, 0.4) is 0 Å². The van der Waals surface area contributed by atoms with E-state index in [0.29, 0.717) is 6.54 Å². The number of hydrogen-bond donors (Lipinski definition) is 2. The normalized spacial score (nSPS) is 12.3. The molecule has 0 bridgehead atoms. The number of aliphatic hydroxyl groups excluding tert-OH is 1. The number of anilines is 1. The maximum atomic E-state index is 10.2. The number of aliphatic hydroxyl groups is 1. The highest BCUT2D eigenvalue weighted by molar-refractivity contribution is 9.10. The highest BCUT2D eigenvalue weighted by Gasteiger charge is 2.09. The van der Waals surface area contributed by atoms with Crippen LogP contribution in [0, 0.1) is 0 Å². The first-order valence-electron chi connectivity index (χ1n) is 6.76. The zero-order valence-corrected chi connectivity index (χ0v) is 12.9. The van der Waals surface area contributed by atoms with E-state index in [0.717, 1.165) is 26.6 Å². The van der Waals surface area contributed by atoms with E-state index in [9.17, 15) is 5.11 Å². The van der Waals surface area contributed by atoms with Crippen LogP contribution in [0.1, 0.15) is 11.7 Å². The van der Waals surface area contributed by atoms with E-state index in [1.54, 1.807) is 6.20 Å². The number of hydrogen-bond acceptors (Lipinski definition) is 3. The zero-order chi connectivity index (χ0) is 14.7. The summed E-state index contributed by atoms with van der Waals surface area (Å²) in [6.45, 7) is 0.419. The fraction of sp³-hybridized carbons (Fsp3) is 0.118. The monoisotopic (exact) mass is 342 g/mol. The lowest BCUT2D eigenvalue weighted by molar-refractivity contribution is 0.191. The molecule has 2 aromatic carbocycles. The molecule has 1 aromatic heterocycles. The second-order valence-corrected chi connectivity index (χ2v) is 5.66. The number of halogens is 1. The standard InChI is InChI=1S/C17H15BrN2O/c18-15-8-4-7-14-13(15)9-10-19-17(14)20-11-16(21)12-5-2-1-3-6-12/h1-10,16,21H,11H2,(H,19,20). The van der Waals surface area contributed by atoms with Gasteiger partial charge in [-0.05, 0) is 17.7 Å². The minimum atomic E-state index is -0.560. The van der Waals surface area contributed by atoms with Crippen molar-refractivity contribution in [2.75, 3.05) is 11.9 Å². The highest BCUT2D eigenvalue weighted by Crippen LogP contribution is 2.28. The van der Waals surface area contributed by atoms with Gasteiger partial charge in [0.1, 0.15) is 5.82 Å². The summed E-state index contributed by atoms with van der Waals surface area (Å²) >= 11 is 3.54. The van der Waals surface area contributed by atoms with Gasteiger partial charge in [-0.2, -0.15) is 0 Å². The van der Waals surface area contributed by atoms with Crippen LogP contribution in [0.15, 0.2) is 65.3 Å². The Hall–Kier alpha value is -1.91. The van der Waals surface area contributed by atoms with Crippen molar-refractivity contribution < 1.29 is 5.11 Å². The van der Waals surface area contributed by atoms with E-state index in [1.807, 2.05) is 54.6 Å². The number of pyridine rings is 1. The Morgan fingerprint density at radius 2 is 1.81 bits per heavy atom. The molecule has 3 aromatic rings. The summed E-state index contributed by atoms with van der Waals surface area (Å²) in [5.41, 5.74) is 0.895. The first-order chi connectivity index (χ1) is 10.3. The first kappa shape index (κ1) is 14.0. The number of aromatic nitrogens is 1. The van der Waals surface area contributed by atoms with Crippen LogP contribution in [0.25, 0.3) is 10.8 Å². The Balaban J connectivity index is 1.81. The summed E-state index contributed by atoms with van der Waals surface area (Å²) in [6.07, 6.45) is 1.21. The van der Waals surface area contributed by atoms with Crippen LogP contribution in [0.2, 0.25) is 0 Å². The maximum Gasteiger partial charge on any atom is 0.133 e. The fourth-order valence-corrected chi connectivity index (χ4v) is 2.79. The predicted molar refractivity (Wildman–Crippen MR) is 89.3 cm³/mol.